The van der Waals surface area contributed by atoms with Gasteiger partial charge in [-0.25, -0.2) is 0 Å². The normalized spacial score (nSPS) is 30.5. The fraction of sp³-hybridized carbons (Fsp3) is 0.500. The monoisotopic (exact) mass is 205 g/mol. The summed E-state index contributed by atoms with van der Waals surface area (Å²) >= 11 is 1.90. The van der Waals surface area contributed by atoms with E-state index in [1.165, 1.54) is 30.0 Å². The zero-order valence-corrected chi connectivity index (χ0v) is 9.23. The molecule has 2 atom stereocenters. The molecule has 1 aliphatic heterocycles. The summed E-state index contributed by atoms with van der Waals surface area (Å²) in [5.74, 6) is 1.69. The molecule has 1 nitrogen and oxygen atoms in total. The number of aryl methyl sites for hydroxylation is 1. The van der Waals surface area contributed by atoms with E-state index < -0.39 is 0 Å². The Labute approximate surface area is 88.8 Å². The number of rotatable bonds is 1. The summed E-state index contributed by atoms with van der Waals surface area (Å²) in [6, 6.07) is 2.23. The van der Waals surface area contributed by atoms with E-state index in [9.17, 15) is 0 Å². The van der Waals surface area contributed by atoms with Crippen LogP contribution in [0.15, 0.2) is 17.5 Å². The highest BCUT2D eigenvalue weighted by molar-refractivity contribution is 7.11. The van der Waals surface area contributed by atoms with E-state index in [1.807, 2.05) is 11.3 Å². The van der Waals surface area contributed by atoms with Crippen LogP contribution in [0.2, 0.25) is 0 Å². The van der Waals surface area contributed by atoms with Crippen molar-refractivity contribution in [3.05, 3.63) is 28.0 Å². The van der Waals surface area contributed by atoms with Gasteiger partial charge in [0.1, 0.15) is 0 Å². The molecule has 74 valence electrons. The summed E-state index contributed by atoms with van der Waals surface area (Å²) in [4.78, 5) is 1.53. The SMILES string of the molecule is Cc1ccsc1C1=CC2CNCC2C1. The van der Waals surface area contributed by atoms with Crippen molar-refractivity contribution < 1.29 is 0 Å². The summed E-state index contributed by atoms with van der Waals surface area (Å²) < 4.78 is 0. The van der Waals surface area contributed by atoms with Crippen LogP contribution in [0.5, 0.6) is 0 Å². The molecule has 2 unspecified atom stereocenters. The molecule has 1 aliphatic carbocycles. The van der Waals surface area contributed by atoms with Crippen LogP contribution in [-0.4, -0.2) is 13.1 Å². The van der Waals surface area contributed by atoms with Gasteiger partial charge in [0.2, 0.25) is 0 Å². The molecule has 1 N–H and O–H groups in total. The Morgan fingerprint density at radius 3 is 3.07 bits per heavy atom. The first-order valence-corrected chi connectivity index (χ1v) is 6.18. The highest BCUT2D eigenvalue weighted by Gasteiger charge is 2.32. The second-order valence-corrected chi connectivity index (χ2v) is 5.33. The molecule has 0 amide bonds. The number of hydrogen-bond acceptors (Lipinski definition) is 2. The van der Waals surface area contributed by atoms with Crippen LogP contribution in [0.3, 0.4) is 0 Å². The van der Waals surface area contributed by atoms with Crippen LogP contribution in [-0.2, 0) is 0 Å². The minimum Gasteiger partial charge on any atom is -0.316 e. The first-order chi connectivity index (χ1) is 6.84. The largest absolute Gasteiger partial charge is 0.316 e. The van der Waals surface area contributed by atoms with Gasteiger partial charge in [-0.1, -0.05) is 6.08 Å². The van der Waals surface area contributed by atoms with Crippen molar-refractivity contribution >= 4 is 16.9 Å². The average Bonchev–Trinajstić information content (AvgIpc) is 2.75. The van der Waals surface area contributed by atoms with Crippen molar-refractivity contribution in [1.29, 1.82) is 0 Å². The van der Waals surface area contributed by atoms with Gasteiger partial charge in [-0.15, -0.1) is 11.3 Å². The number of thiophene rings is 1. The first-order valence-electron chi connectivity index (χ1n) is 5.30. The quantitative estimate of drug-likeness (QED) is 0.743. The van der Waals surface area contributed by atoms with E-state index in [0.29, 0.717) is 0 Å². The van der Waals surface area contributed by atoms with Crippen molar-refractivity contribution in [2.45, 2.75) is 13.3 Å². The van der Waals surface area contributed by atoms with Crippen LogP contribution < -0.4 is 5.32 Å². The van der Waals surface area contributed by atoms with Gasteiger partial charge >= 0.3 is 0 Å². The smallest absolute Gasteiger partial charge is 0.0328 e. The molecule has 1 fully saturated rings. The van der Waals surface area contributed by atoms with Gasteiger partial charge in [-0.3, -0.25) is 0 Å². The predicted octanol–water partition coefficient (Wildman–Crippen LogP) is 2.68. The Morgan fingerprint density at radius 1 is 1.43 bits per heavy atom. The zero-order valence-electron chi connectivity index (χ0n) is 8.42. The molecule has 0 spiro atoms. The summed E-state index contributed by atoms with van der Waals surface area (Å²) in [5, 5.41) is 5.67. The maximum atomic E-state index is 3.46. The standard InChI is InChI=1S/C12H15NS/c1-8-2-3-14-12(8)9-4-10-6-13-7-11(10)5-9/h2-4,10-11,13H,5-7H2,1H3. The predicted molar refractivity (Wildman–Crippen MR) is 61.5 cm³/mol. The third kappa shape index (κ3) is 1.25. The minimum atomic E-state index is 0.812. The second kappa shape index (κ2) is 3.21. The number of nitrogens with one attached hydrogen (secondary N) is 1. The van der Waals surface area contributed by atoms with E-state index in [2.05, 4.69) is 29.8 Å². The molecule has 0 radical (unpaired) electrons. The van der Waals surface area contributed by atoms with Gasteiger partial charge in [0.15, 0.2) is 0 Å². The Balaban J connectivity index is 1.91. The molecule has 0 aromatic carbocycles. The molecule has 0 saturated carbocycles. The highest BCUT2D eigenvalue weighted by Crippen LogP contribution is 2.40. The van der Waals surface area contributed by atoms with E-state index in [4.69, 9.17) is 0 Å². The lowest BCUT2D eigenvalue weighted by molar-refractivity contribution is 0.536. The molecule has 2 aliphatic rings. The molecule has 2 heteroatoms. The lowest BCUT2D eigenvalue weighted by Gasteiger charge is -2.05. The summed E-state index contributed by atoms with van der Waals surface area (Å²) in [7, 11) is 0. The Morgan fingerprint density at radius 2 is 2.36 bits per heavy atom. The van der Waals surface area contributed by atoms with Crippen LogP contribution in [0, 0.1) is 18.8 Å². The Hall–Kier alpha value is -0.600. The van der Waals surface area contributed by atoms with Gasteiger partial charge in [0.25, 0.3) is 0 Å². The molecule has 2 heterocycles. The minimum absolute atomic E-state index is 0.812. The van der Waals surface area contributed by atoms with Gasteiger partial charge in [-0.2, -0.15) is 0 Å². The van der Waals surface area contributed by atoms with Crippen molar-refractivity contribution in [3.63, 3.8) is 0 Å². The van der Waals surface area contributed by atoms with Gasteiger partial charge < -0.3 is 5.32 Å². The lowest BCUT2D eigenvalue weighted by Crippen LogP contribution is -2.09. The molecule has 3 rings (SSSR count). The van der Waals surface area contributed by atoms with Crippen LogP contribution >= 0.6 is 11.3 Å². The lowest BCUT2D eigenvalue weighted by atomic mass is 9.99. The molecular weight excluding hydrogens is 190 g/mol. The van der Waals surface area contributed by atoms with Crippen LogP contribution in [0.1, 0.15) is 16.9 Å². The number of fused-ring (bicyclic) bond motifs is 1. The van der Waals surface area contributed by atoms with Crippen LogP contribution in [0.4, 0.5) is 0 Å². The molecule has 1 aromatic rings. The fourth-order valence-corrected chi connectivity index (χ4v) is 3.62. The maximum absolute atomic E-state index is 3.46. The van der Waals surface area contributed by atoms with Gasteiger partial charge in [0, 0.05) is 11.4 Å². The second-order valence-electron chi connectivity index (χ2n) is 4.41. The first kappa shape index (κ1) is 8.69. The molecule has 0 bridgehead atoms. The van der Waals surface area contributed by atoms with Crippen LogP contribution in [0.25, 0.3) is 5.57 Å². The summed E-state index contributed by atoms with van der Waals surface area (Å²) in [6.45, 7) is 4.63. The van der Waals surface area contributed by atoms with E-state index >= 15 is 0 Å². The Bertz CT molecular complexity index is 377. The summed E-state index contributed by atoms with van der Waals surface area (Å²) in [6.07, 6.45) is 3.79. The molecule has 1 saturated heterocycles. The maximum Gasteiger partial charge on any atom is 0.0328 e. The zero-order chi connectivity index (χ0) is 9.54. The molecular formula is C12H15NS. The average molecular weight is 205 g/mol. The number of hydrogen-bond donors (Lipinski definition) is 1. The van der Waals surface area contributed by atoms with E-state index in [1.54, 1.807) is 5.57 Å². The molecule has 1 aromatic heterocycles. The summed E-state index contributed by atoms with van der Waals surface area (Å²) in [5.41, 5.74) is 3.06. The van der Waals surface area contributed by atoms with Gasteiger partial charge in [-0.05, 0) is 54.3 Å². The number of allylic oxidation sites excluding steroid dienone is 1. The van der Waals surface area contributed by atoms with Crippen molar-refractivity contribution in [2.75, 3.05) is 13.1 Å². The third-order valence-corrected chi connectivity index (χ3v) is 4.54. The van der Waals surface area contributed by atoms with E-state index in [-0.39, 0.29) is 0 Å². The molecule has 14 heavy (non-hydrogen) atoms. The van der Waals surface area contributed by atoms with Crippen molar-refractivity contribution in [1.82, 2.24) is 5.32 Å². The fourth-order valence-electron chi connectivity index (χ4n) is 2.65. The van der Waals surface area contributed by atoms with Gasteiger partial charge in [0.05, 0.1) is 0 Å². The highest BCUT2D eigenvalue weighted by atomic mass is 32.1. The van der Waals surface area contributed by atoms with Crippen molar-refractivity contribution in [2.24, 2.45) is 11.8 Å². The van der Waals surface area contributed by atoms with E-state index in [0.717, 1.165) is 11.8 Å². The van der Waals surface area contributed by atoms with Crippen molar-refractivity contribution in [3.8, 4) is 0 Å². The Kier molecular flexibility index (Phi) is 1.99. The topological polar surface area (TPSA) is 12.0 Å². The third-order valence-electron chi connectivity index (χ3n) is 3.44.